The molecule has 18 heavy (non-hydrogen) atoms. The van der Waals surface area contributed by atoms with Gasteiger partial charge in [-0.3, -0.25) is 0 Å². The lowest BCUT2D eigenvalue weighted by atomic mass is 10.3. The van der Waals surface area contributed by atoms with Gasteiger partial charge in [0.2, 0.25) is 0 Å². The van der Waals surface area contributed by atoms with E-state index in [1.807, 2.05) is 36.0 Å². The highest BCUT2D eigenvalue weighted by Gasteiger charge is 2.03. The summed E-state index contributed by atoms with van der Waals surface area (Å²) in [5, 5.41) is 12.3. The van der Waals surface area contributed by atoms with Crippen molar-refractivity contribution in [3.63, 3.8) is 0 Å². The summed E-state index contributed by atoms with van der Waals surface area (Å²) in [6.07, 6.45) is 4.05. The van der Waals surface area contributed by atoms with Gasteiger partial charge in [0.1, 0.15) is 11.8 Å². The molecule has 1 aromatic heterocycles. The predicted molar refractivity (Wildman–Crippen MR) is 75.7 cm³/mol. The van der Waals surface area contributed by atoms with Crippen LogP contribution < -0.4 is 5.32 Å². The van der Waals surface area contributed by atoms with Crippen molar-refractivity contribution in [3.8, 4) is 6.07 Å². The van der Waals surface area contributed by atoms with E-state index >= 15 is 0 Å². The van der Waals surface area contributed by atoms with Gasteiger partial charge in [-0.25, -0.2) is 0 Å². The molecule has 0 amide bonds. The minimum absolute atomic E-state index is 0.685. The zero-order valence-corrected chi connectivity index (χ0v) is 11.3. The fourth-order valence-corrected chi connectivity index (χ4v) is 2.40. The molecule has 1 heterocycles. The number of hydrogen-bond acceptors (Lipinski definition) is 3. The highest BCUT2D eigenvalue weighted by Crippen LogP contribution is 2.25. The molecule has 2 rings (SSSR count). The molecule has 0 saturated carbocycles. The Kier molecular flexibility index (Phi) is 3.96. The number of nitriles is 1. The van der Waals surface area contributed by atoms with Crippen LogP contribution in [0.4, 0.5) is 5.69 Å². The summed E-state index contributed by atoms with van der Waals surface area (Å²) in [4.78, 5) is 1.23. The number of anilines is 1. The van der Waals surface area contributed by atoms with Crippen LogP contribution in [0.1, 0.15) is 11.3 Å². The Morgan fingerprint density at radius 3 is 2.83 bits per heavy atom. The molecule has 1 N–H and O–H groups in total. The first-order chi connectivity index (χ1) is 8.74. The van der Waals surface area contributed by atoms with E-state index in [-0.39, 0.29) is 0 Å². The molecule has 4 heteroatoms. The average Bonchev–Trinajstić information content (AvgIpc) is 2.77. The van der Waals surface area contributed by atoms with Gasteiger partial charge in [-0.1, -0.05) is 12.1 Å². The summed E-state index contributed by atoms with van der Waals surface area (Å²) in [6, 6.07) is 12.3. The summed E-state index contributed by atoms with van der Waals surface area (Å²) >= 11 is 1.72. The molecular formula is C14H15N3S. The van der Waals surface area contributed by atoms with Crippen molar-refractivity contribution < 1.29 is 0 Å². The first kappa shape index (κ1) is 12.6. The molecule has 0 fully saturated rings. The maximum Gasteiger partial charge on any atom is 0.120 e. The van der Waals surface area contributed by atoms with Crippen LogP contribution in [0.15, 0.2) is 41.4 Å². The number of hydrogen-bond donors (Lipinski definition) is 1. The topological polar surface area (TPSA) is 40.8 Å². The van der Waals surface area contributed by atoms with E-state index in [1.54, 1.807) is 11.8 Å². The highest BCUT2D eigenvalue weighted by atomic mass is 32.2. The fraction of sp³-hybridized carbons (Fsp3) is 0.214. The molecule has 1 aromatic carbocycles. The minimum Gasteiger partial charge on any atom is -0.380 e. The van der Waals surface area contributed by atoms with Gasteiger partial charge in [-0.15, -0.1) is 11.8 Å². The summed E-state index contributed by atoms with van der Waals surface area (Å²) in [6.45, 7) is 0.729. The van der Waals surface area contributed by atoms with Crippen LogP contribution in [-0.4, -0.2) is 10.8 Å². The van der Waals surface area contributed by atoms with Gasteiger partial charge in [-0.2, -0.15) is 5.26 Å². The minimum atomic E-state index is 0.685. The van der Waals surface area contributed by atoms with Crippen molar-refractivity contribution in [3.05, 3.63) is 47.8 Å². The predicted octanol–water partition coefficient (Wildman–Crippen LogP) is 3.23. The van der Waals surface area contributed by atoms with E-state index in [1.165, 1.54) is 4.90 Å². The van der Waals surface area contributed by atoms with E-state index in [4.69, 9.17) is 5.26 Å². The number of thioether (sulfide) groups is 1. The number of aryl methyl sites for hydroxylation is 1. The van der Waals surface area contributed by atoms with Crippen molar-refractivity contribution in [2.45, 2.75) is 11.4 Å². The Labute approximate surface area is 111 Å². The number of nitrogens with one attached hydrogen (secondary N) is 1. The zero-order valence-electron chi connectivity index (χ0n) is 10.5. The SMILES string of the molecule is CSc1ccccc1NCc1cc(C#N)n(C)c1. The monoisotopic (exact) mass is 257 g/mol. The number of benzene rings is 1. The van der Waals surface area contributed by atoms with E-state index < -0.39 is 0 Å². The Balaban J connectivity index is 2.09. The molecule has 0 radical (unpaired) electrons. The molecule has 0 aliphatic carbocycles. The Hall–Kier alpha value is -1.86. The van der Waals surface area contributed by atoms with Crippen molar-refractivity contribution in [2.24, 2.45) is 7.05 Å². The first-order valence-corrected chi connectivity index (χ1v) is 6.89. The number of rotatable bonds is 4. The lowest BCUT2D eigenvalue weighted by Gasteiger charge is -2.09. The van der Waals surface area contributed by atoms with Crippen LogP contribution >= 0.6 is 11.8 Å². The molecule has 0 spiro atoms. The van der Waals surface area contributed by atoms with Gasteiger partial charge >= 0.3 is 0 Å². The average molecular weight is 257 g/mol. The van der Waals surface area contributed by atoms with E-state index in [2.05, 4.69) is 29.8 Å². The molecule has 0 bridgehead atoms. The maximum atomic E-state index is 8.90. The molecule has 0 aliphatic rings. The van der Waals surface area contributed by atoms with Crippen molar-refractivity contribution in [1.82, 2.24) is 4.57 Å². The normalized spacial score (nSPS) is 10.1. The van der Waals surface area contributed by atoms with E-state index in [0.29, 0.717) is 5.69 Å². The quantitative estimate of drug-likeness (QED) is 0.855. The number of nitrogens with zero attached hydrogens (tertiary/aromatic N) is 2. The van der Waals surface area contributed by atoms with Crippen LogP contribution in [0.25, 0.3) is 0 Å². The second kappa shape index (κ2) is 5.65. The van der Waals surface area contributed by atoms with Crippen molar-refractivity contribution >= 4 is 17.4 Å². The largest absolute Gasteiger partial charge is 0.380 e. The van der Waals surface area contributed by atoms with Gasteiger partial charge < -0.3 is 9.88 Å². The smallest absolute Gasteiger partial charge is 0.120 e. The molecular weight excluding hydrogens is 242 g/mol. The van der Waals surface area contributed by atoms with Gasteiger partial charge in [0.15, 0.2) is 0 Å². The number of para-hydroxylation sites is 1. The third-order valence-corrected chi connectivity index (χ3v) is 3.56. The summed E-state index contributed by atoms with van der Waals surface area (Å²) in [7, 11) is 1.89. The van der Waals surface area contributed by atoms with Crippen molar-refractivity contribution in [2.75, 3.05) is 11.6 Å². The molecule has 92 valence electrons. The third kappa shape index (κ3) is 2.69. The van der Waals surface area contributed by atoms with Crippen LogP contribution in [0, 0.1) is 11.3 Å². The molecule has 0 aliphatic heterocycles. The van der Waals surface area contributed by atoms with Crippen LogP contribution in [0.2, 0.25) is 0 Å². The number of aromatic nitrogens is 1. The Morgan fingerprint density at radius 2 is 2.17 bits per heavy atom. The summed E-state index contributed by atoms with van der Waals surface area (Å²) in [5.41, 5.74) is 2.93. The van der Waals surface area contributed by atoms with Crippen molar-refractivity contribution in [1.29, 1.82) is 5.26 Å². The second-order valence-electron chi connectivity index (χ2n) is 4.01. The van der Waals surface area contributed by atoms with Gasteiger partial charge in [0.05, 0.1) is 0 Å². The standard InChI is InChI=1S/C14H15N3S/c1-17-10-11(7-12(17)8-15)9-16-13-5-3-4-6-14(13)18-2/h3-7,10,16H,9H2,1-2H3. The van der Waals surface area contributed by atoms with E-state index in [0.717, 1.165) is 17.8 Å². The molecule has 0 unspecified atom stereocenters. The lowest BCUT2D eigenvalue weighted by molar-refractivity contribution is 0.902. The van der Waals surface area contributed by atoms with E-state index in [9.17, 15) is 0 Å². The first-order valence-electron chi connectivity index (χ1n) is 5.67. The molecule has 0 atom stereocenters. The fourth-order valence-electron chi connectivity index (χ4n) is 1.83. The van der Waals surface area contributed by atoms with Crippen LogP contribution in [0.5, 0.6) is 0 Å². The van der Waals surface area contributed by atoms with Gasteiger partial charge in [0, 0.05) is 30.4 Å². The van der Waals surface area contributed by atoms with Crippen LogP contribution in [-0.2, 0) is 13.6 Å². The third-order valence-electron chi connectivity index (χ3n) is 2.77. The van der Waals surface area contributed by atoms with Gasteiger partial charge in [-0.05, 0) is 30.0 Å². The second-order valence-corrected chi connectivity index (χ2v) is 4.86. The van der Waals surface area contributed by atoms with Gasteiger partial charge in [0.25, 0.3) is 0 Å². The Bertz CT molecular complexity index is 581. The summed E-state index contributed by atoms with van der Waals surface area (Å²) < 4.78 is 1.84. The molecule has 3 nitrogen and oxygen atoms in total. The molecule has 2 aromatic rings. The molecule has 0 saturated heterocycles. The lowest BCUT2D eigenvalue weighted by Crippen LogP contribution is -1.99. The maximum absolute atomic E-state index is 8.90. The highest BCUT2D eigenvalue weighted by molar-refractivity contribution is 7.98. The zero-order chi connectivity index (χ0) is 13.0. The summed E-state index contributed by atoms with van der Waals surface area (Å²) in [5.74, 6) is 0. The Morgan fingerprint density at radius 1 is 1.39 bits per heavy atom. The van der Waals surface area contributed by atoms with Crippen LogP contribution in [0.3, 0.4) is 0 Å².